The molecule has 2 saturated heterocycles. The highest BCUT2D eigenvalue weighted by Crippen LogP contribution is 2.56. The number of phenolic OH excluding ortho intramolecular Hbond substituents is 1. The second kappa shape index (κ2) is 36.3. The minimum Gasteiger partial charge on any atom is -0.508 e. The molecule has 1 unspecified atom stereocenters. The topological polar surface area (TPSA) is 586 Å². The number of likely N-dealkylation sites (N-methyl/N-ethyl adjacent to an activating group) is 1. The number of aromatic hydroxyl groups is 1. The number of rotatable bonds is 16. The zero-order valence-corrected chi connectivity index (χ0v) is 70.6. The van der Waals surface area contributed by atoms with E-state index in [9.17, 15) is 64.6 Å². The van der Waals surface area contributed by atoms with Crippen molar-refractivity contribution in [2.75, 3.05) is 13.7 Å². The summed E-state index contributed by atoms with van der Waals surface area (Å²) in [7, 11) is -0.861. The Labute approximate surface area is 727 Å². The summed E-state index contributed by atoms with van der Waals surface area (Å²) in [5, 5.41) is 130. The number of hydrogen-bond acceptors (Lipinski definition) is 27. The lowest BCUT2D eigenvalue weighted by molar-refractivity contribution is -0.333. The molecular formula is C85H99Cl2N11O26S. The van der Waals surface area contributed by atoms with Crippen LogP contribution >= 0.6 is 23.2 Å². The number of amides is 10. The number of nitrogens with one attached hydrogen (secondary N) is 10. The van der Waals surface area contributed by atoms with E-state index in [0.29, 0.717) is 11.8 Å². The largest absolute Gasteiger partial charge is 0.508 e. The van der Waals surface area contributed by atoms with Gasteiger partial charge in [-0.2, -0.15) is 0 Å². The number of aryl methyl sites for hydroxylation is 1. The molecule has 0 aromatic heterocycles. The van der Waals surface area contributed by atoms with E-state index in [1.807, 2.05) is 19.2 Å². The van der Waals surface area contributed by atoms with Crippen LogP contribution in [0.3, 0.4) is 0 Å². The fourth-order valence-electron chi connectivity index (χ4n) is 18.7. The Morgan fingerprint density at radius 3 is 1.90 bits per heavy atom. The lowest BCUT2D eigenvalue weighted by Crippen LogP contribution is -2.64. The van der Waals surface area contributed by atoms with Crippen molar-refractivity contribution in [1.82, 2.24) is 52.6 Å². The third-order valence-electron chi connectivity index (χ3n) is 24.8. The molecule has 6 fully saturated rings. The number of phenols is 1. The maximum absolute atomic E-state index is 16.7. The number of ether oxygens (including phenoxy) is 6. The number of nitrogens with two attached hydrogens (primary N) is 1. The first-order valence-corrected chi connectivity index (χ1v) is 42.7. The highest BCUT2D eigenvalue weighted by atomic mass is 35.5. The number of carbonyl (C=O) groups is 9. The predicted octanol–water partition coefficient (Wildman–Crippen LogP) is 1.60. The molecule has 12 aliphatic rings. The Bertz CT molecular complexity index is 5230. The molecule has 18 rings (SSSR count). The van der Waals surface area contributed by atoms with Crippen molar-refractivity contribution >= 4 is 87.5 Å². The van der Waals surface area contributed by atoms with Crippen molar-refractivity contribution in [3.05, 3.63) is 158 Å². The molecule has 7 aliphatic heterocycles. The highest BCUT2D eigenvalue weighted by molar-refractivity contribution is 7.83. The monoisotopic (exact) mass is 1790 g/mol. The molecule has 0 radical (unpaired) electrons. The van der Waals surface area contributed by atoms with Gasteiger partial charge in [-0.25, -0.2) is 9.00 Å². The fourth-order valence-corrected chi connectivity index (χ4v) is 19.8. The van der Waals surface area contributed by atoms with Crippen molar-refractivity contribution in [2.24, 2.45) is 35.3 Å². The molecule has 125 heavy (non-hydrogen) atoms. The molecule has 10 amide bonds. The van der Waals surface area contributed by atoms with Crippen molar-refractivity contribution in [1.29, 1.82) is 0 Å². The van der Waals surface area contributed by atoms with Crippen LogP contribution in [-0.2, 0) is 69.3 Å². The number of benzene rings is 6. The number of aliphatic hydroxyl groups excluding tert-OH is 6. The smallest absolute Gasteiger partial charge is 0.333 e. The maximum atomic E-state index is 16.7. The standard InChI is InChI=1S/C85H97Cl2N11O25S.H2O/c1-33(2)17-52(89-6)75(107)96-66-68(102)39-10-15-54(50(86)24-39)119-56-26-43-27-57(72(56)123-82-73(71(105)70(104)58(32-99)121-82)122-60-31-84(5,88)74(106)35(4)118-60)120-55-16-11-40(25-51(55)87)69(103)67-81(113)95-65(79(111)92-62-41-19-36-18-37(21-41)22-42(62)20-36)47-28-44(100)29-49-61(47)46-23-38(9-14-48(46)85(49,115)116)63(77(109)97-67)94-78(110)64(43)93-76(108)53(90-80(66)112)30-59(101)91-83(114)98-124(117)45-12-7-34(3)8-13-45;/h7-16,23-29,33,35-37,41-42,52-53,58,60,62-71,73-74,82,89,99-100,102-106,115-116H,17-22,30-32,88H2,1-6H3,(H,90,112)(H,92,111)(H,93,108)(H,94,110)(H,95,113)(H,96,107)(H,97,109)(H2,91,98,101,114);1H2/t35-,36?,37?,41?,42?,52+,53-,58+,60-,62?,63+,64+,65-,66+,67-,68+,69+,70+,71-,73+,74+,82-,84-,124?;/m0./s1. The zero-order chi connectivity index (χ0) is 88.7. The minimum absolute atomic E-state index is 0. The maximum Gasteiger partial charge on any atom is 0.333 e. The number of halogens is 2. The Hall–Kier alpha value is -10.1. The minimum atomic E-state index is -3.01. The van der Waals surface area contributed by atoms with Gasteiger partial charge < -0.3 is 128 Å². The van der Waals surface area contributed by atoms with E-state index < -0.39 is 242 Å². The summed E-state index contributed by atoms with van der Waals surface area (Å²) >= 11 is 14.5. The normalized spacial score (nSPS) is 31.2. The molecule has 4 saturated carbocycles. The van der Waals surface area contributed by atoms with Gasteiger partial charge in [0, 0.05) is 29.1 Å². The van der Waals surface area contributed by atoms with Gasteiger partial charge >= 0.3 is 6.03 Å². The third kappa shape index (κ3) is 18.5. The van der Waals surface area contributed by atoms with E-state index in [1.165, 1.54) is 75.5 Å². The van der Waals surface area contributed by atoms with Crippen LogP contribution in [-0.4, -0.2) is 208 Å². The van der Waals surface area contributed by atoms with E-state index in [0.717, 1.165) is 74.1 Å². The number of fused-ring (bicyclic) bond motifs is 12. The van der Waals surface area contributed by atoms with Crippen LogP contribution in [0, 0.1) is 36.5 Å². The summed E-state index contributed by atoms with van der Waals surface area (Å²) in [6, 6.07) is 4.86. The Morgan fingerprint density at radius 2 is 1.30 bits per heavy atom. The van der Waals surface area contributed by atoms with Gasteiger partial charge in [0.2, 0.25) is 65.1 Å². The predicted molar refractivity (Wildman–Crippen MR) is 441 cm³/mol. The van der Waals surface area contributed by atoms with Crippen LogP contribution in [0.25, 0.3) is 11.1 Å². The van der Waals surface area contributed by atoms with Gasteiger partial charge in [0.05, 0.1) is 46.2 Å². The Balaban J connectivity index is 0.0000127. The molecule has 23 N–H and O–H groups in total. The zero-order valence-electron chi connectivity index (χ0n) is 68.3. The summed E-state index contributed by atoms with van der Waals surface area (Å²) in [5.41, 5.74) is 3.59. The summed E-state index contributed by atoms with van der Waals surface area (Å²) in [6.45, 7) is 7.39. The second-order valence-corrected chi connectivity index (χ2v) is 36.2. The number of imide groups is 1. The first kappa shape index (κ1) is 91.1. The molecule has 15 bridgehead atoms. The summed E-state index contributed by atoms with van der Waals surface area (Å²) in [4.78, 5) is 139. The highest BCUT2D eigenvalue weighted by Gasteiger charge is 2.54. The molecule has 670 valence electrons. The van der Waals surface area contributed by atoms with Gasteiger partial charge in [-0.3, -0.25) is 48.4 Å². The van der Waals surface area contributed by atoms with Crippen molar-refractivity contribution in [3.8, 4) is 45.6 Å². The Morgan fingerprint density at radius 1 is 0.688 bits per heavy atom. The molecular weight excluding hydrogens is 1690 g/mol. The number of carbonyl (C=O) groups excluding carboxylic acids is 9. The quantitative estimate of drug-likeness (QED) is 0.0612. The lowest BCUT2D eigenvalue weighted by Gasteiger charge is -2.54. The molecule has 19 atom stereocenters. The SMILES string of the molecule is CN[C@H](CC(C)C)C(=O)N[C@H]1C(=O)N[C@@H](CC(=O)NC(=O)NS(=O)c2ccc(C)cc2)C(=O)N[C@H]2C(=O)N[C@H]3C(=O)N[C@H](C(=O)N[C@H](C(=O)NC4C5CC6CC(C5)CC4C6)c4cc(O)cc5c4-c4cc3ccc4C5(O)O)[C@H](O)c3ccc(c(Cl)c3)Oc3cc2cc(c3O[C@@H]2O[C@H](CO)[C@@H](O)[C@H](O)[C@H]2O[C@H]2C[C@](C)(N)[C@H](O)[C@H](C)O2)Oc2ccc(cc2Cl)[C@H]1O.O. The number of hydrogen-bond donors (Lipinski definition) is 20. The third-order valence-corrected chi connectivity index (χ3v) is 26.4. The summed E-state index contributed by atoms with van der Waals surface area (Å²) in [6.07, 6.45) is -14.7. The number of urea groups is 1. The van der Waals surface area contributed by atoms with Gasteiger partial charge in [-0.05, 0) is 202 Å². The molecule has 7 heterocycles. The van der Waals surface area contributed by atoms with Gasteiger partial charge in [0.25, 0.3) is 0 Å². The van der Waals surface area contributed by atoms with Crippen LogP contribution in [0.5, 0.6) is 34.5 Å². The van der Waals surface area contributed by atoms with Crippen molar-refractivity contribution in [3.63, 3.8) is 0 Å². The average molecular weight is 1790 g/mol. The van der Waals surface area contributed by atoms with E-state index in [1.54, 1.807) is 19.1 Å². The summed E-state index contributed by atoms with van der Waals surface area (Å²) < 4.78 is 54.7. The average Bonchev–Trinajstić information content (AvgIpc) is 1.58. The van der Waals surface area contributed by atoms with Gasteiger partial charge in [0.15, 0.2) is 34.9 Å². The Kier molecular flexibility index (Phi) is 26.5. The van der Waals surface area contributed by atoms with Crippen LogP contribution in [0.4, 0.5) is 4.79 Å². The van der Waals surface area contributed by atoms with Crippen LogP contribution < -0.4 is 72.5 Å². The van der Waals surface area contributed by atoms with E-state index in [2.05, 4.69) is 47.3 Å². The molecule has 40 heteroatoms. The van der Waals surface area contributed by atoms with E-state index >= 15 is 28.8 Å². The first-order valence-electron chi connectivity index (χ1n) is 40.7. The molecule has 6 aromatic carbocycles. The molecule has 6 aromatic rings. The molecule has 37 nitrogen and oxygen atoms in total. The van der Waals surface area contributed by atoms with E-state index in [4.69, 9.17) is 57.4 Å². The fraction of sp³-hybridized carbons (Fsp3) is 0.471. The van der Waals surface area contributed by atoms with Gasteiger partial charge in [-0.1, -0.05) is 79.0 Å². The van der Waals surface area contributed by atoms with Gasteiger partial charge in [-0.15, -0.1) is 0 Å². The van der Waals surface area contributed by atoms with Crippen molar-refractivity contribution in [2.45, 2.75) is 212 Å². The lowest BCUT2D eigenvalue weighted by atomic mass is 9.54. The second-order valence-electron chi connectivity index (χ2n) is 34.2. The van der Waals surface area contributed by atoms with Crippen molar-refractivity contribution < 1.29 is 127 Å². The summed E-state index contributed by atoms with van der Waals surface area (Å²) in [5.74, 6) is -15.5. The van der Waals surface area contributed by atoms with Crippen LogP contribution in [0.2, 0.25) is 10.0 Å². The van der Waals surface area contributed by atoms with Crippen LogP contribution in [0.1, 0.15) is 154 Å². The molecule has 0 spiro atoms. The first-order chi connectivity index (χ1) is 58.8. The van der Waals surface area contributed by atoms with Gasteiger partial charge in [0.1, 0.15) is 84.0 Å². The van der Waals surface area contributed by atoms with E-state index in [-0.39, 0.29) is 91.7 Å². The number of aliphatic hydroxyl groups is 8. The molecule has 5 aliphatic carbocycles. The van der Waals surface area contributed by atoms with Crippen LogP contribution in [0.15, 0.2) is 108 Å².